The molecule has 0 amide bonds. The zero-order valence-corrected chi connectivity index (χ0v) is 10.6. The molecule has 0 saturated carbocycles. The Labute approximate surface area is 107 Å². The summed E-state index contributed by atoms with van der Waals surface area (Å²) in [5.41, 5.74) is 0.848. The van der Waals surface area contributed by atoms with Gasteiger partial charge < -0.3 is 9.84 Å². The molecule has 2 rings (SSSR count). The van der Waals surface area contributed by atoms with Crippen LogP contribution in [-0.2, 0) is 9.53 Å². The maximum atomic E-state index is 11.5. The number of carboxylic acids is 1. The number of aliphatic carboxylic acids is 1. The summed E-state index contributed by atoms with van der Waals surface area (Å²) in [6.45, 7) is 1.54. The summed E-state index contributed by atoms with van der Waals surface area (Å²) in [5, 5.41) is 9.43. The van der Waals surface area contributed by atoms with Gasteiger partial charge in [0.1, 0.15) is 6.04 Å². The highest BCUT2D eigenvalue weighted by molar-refractivity contribution is 5.75. The van der Waals surface area contributed by atoms with Crippen LogP contribution >= 0.6 is 0 Å². The van der Waals surface area contributed by atoms with Gasteiger partial charge in [0.15, 0.2) is 0 Å². The minimum atomic E-state index is -0.780. The molecule has 0 spiro atoms. The Morgan fingerprint density at radius 1 is 1.33 bits per heavy atom. The van der Waals surface area contributed by atoms with Crippen LogP contribution < -0.4 is 0 Å². The number of ether oxygens (including phenoxy) is 1. The van der Waals surface area contributed by atoms with Crippen LogP contribution in [0.25, 0.3) is 0 Å². The molecule has 0 bridgehead atoms. The second-order valence-corrected chi connectivity index (χ2v) is 4.62. The quantitative estimate of drug-likeness (QED) is 0.885. The standard InChI is InChI=1S/C14H19NO3/c1-18-12-7-9-15(10-8-12)13(14(16)17)11-5-3-2-4-6-11/h2-6,12-13H,7-10H2,1H3,(H,16,17). The second-order valence-electron chi connectivity index (χ2n) is 4.62. The Morgan fingerprint density at radius 2 is 1.94 bits per heavy atom. The van der Waals surface area contributed by atoms with Crippen molar-refractivity contribution in [2.24, 2.45) is 0 Å². The van der Waals surface area contributed by atoms with Crippen LogP contribution in [0.4, 0.5) is 0 Å². The van der Waals surface area contributed by atoms with Gasteiger partial charge in [0.25, 0.3) is 0 Å². The van der Waals surface area contributed by atoms with E-state index in [9.17, 15) is 9.90 Å². The normalized spacial score (nSPS) is 19.6. The largest absolute Gasteiger partial charge is 0.480 e. The Hall–Kier alpha value is -1.39. The minimum Gasteiger partial charge on any atom is -0.480 e. The molecule has 4 nitrogen and oxygen atoms in total. The highest BCUT2D eigenvalue weighted by Crippen LogP contribution is 2.25. The molecule has 1 aromatic rings. The Kier molecular flexibility index (Phi) is 4.33. The molecule has 0 aliphatic carbocycles. The van der Waals surface area contributed by atoms with E-state index in [0.717, 1.165) is 31.5 Å². The maximum Gasteiger partial charge on any atom is 0.325 e. The van der Waals surface area contributed by atoms with Crippen molar-refractivity contribution in [3.63, 3.8) is 0 Å². The lowest BCUT2D eigenvalue weighted by Crippen LogP contribution is -2.41. The van der Waals surface area contributed by atoms with Crippen LogP contribution in [-0.4, -0.2) is 42.3 Å². The third-order valence-electron chi connectivity index (χ3n) is 3.52. The zero-order valence-electron chi connectivity index (χ0n) is 10.6. The van der Waals surface area contributed by atoms with E-state index in [0.29, 0.717) is 0 Å². The van der Waals surface area contributed by atoms with Crippen molar-refractivity contribution in [2.45, 2.75) is 25.0 Å². The van der Waals surface area contributed by atoms with E-state index in [2.05, 4.69) is 0 Å². The van der Waals surface area contributed by atoms with Gasteiger partial charge >= 0.3 is 5.97 Å². The number of hydrogen-bond donors (Lipinski definition) is 1. The number of carbonyl (C=O) groups is 1. The zero-order chi connectivity index (χ0) is 13.0. The van der Waals surface area contributed by atoms with Crippen LogP contribution in [0.5, 0.6) is 0 Å². The molecule has 0 aromatic heterocycles. The first-order chi connectivity index (χ1) is 8.72. The number of likely N-dealkylation sites (tertiary alicyclic amines) is 1. The molecule has 18 heavy (non-hydrogen) atoms. The summed E-state index contributed by atoms with van der Waals surface area (Å²) in [6.07, 6.45) is 2.06. The van der Waals surface area contributed by atoms with Crippen LogP contribution in [0.1, 0.15) is 24.4 Å². The molecule has 0 radical (unpaired) electrons. The van der Waals surface area contributed by atoms with E-state index in [-0.39, 0.29) is 6.10 Å². The van der Waals surface area contributed by atoms with Gasteiger partial charge in [-0.05, 0) is 18.4 Å². The highest BCUT2D eigenvalue weighted by Gasteiger charge is 2.30. The summed E-state index contributed by atoms with van der Waals surface area (Å²) in [7, 11) is 1.71. The molecule has 1 atom stereocenters. The first-order valence-electron chi connectivity index (χ1n) is 6.27. The Morgan fingerprint density at radius 3 is 2.44 bits per heavy atom. The molecule has 1 aliphatic heterocycles. The summed E-state index contributed by atoms with van der Waals surface area (Å²) in [6, 6.07) is 8.88. The molecule has 1 aliphatic rings. The molecule has 98 valence electrons. The Bertz CT molecular complexity index is 385. The number of benzene rings is 1. The highest BCUT2D eigenvalue weighted by atomic mass is 16.5. The number of piperidine rings is 1. The third-order valence-corrected chi connectivity index (χ3v) is 3.52. The fourth-order valence-electron chi connectivity index (χ4n) is 2.51. The predicted octanol–water partition coefficient (Wildman–Crippen LogP) is 1.92. The summed E-state index contributed by atoms with van der Waals surface area (Å²) >= 11 is 0. The average Bonchev–Trinajstić information content (AvgIpc) is 2.40. The lowest BCUT2D eigenvalue weighted by Gasteiger charge is -2.35. The van der Waals surface area contributed by atoms with Gasteiger partial charge in [0.05, 0.1) is 6.10 Å². The smallest absolute Gasteiger partial charge is 0.325 e. The van der Waals surface area contributed by atoms with Crippen molar-refractivity contribution in [1.82, 2.24) is 4.90 Å². The molecule has 1 N–H and O–H groups in total. The fraction of sp³-hybridized carbons (Fsp3) is 0.500. The first kappa shape index (κ1) is 13.1. The fourth-order valence-corrected chi connectivity index (χ4v) is 2.51. The number of hydrogen-bond acceptors (Lipinski definition) is 3. The van der Waals surface area contributed by atoms with Gasteiger partial charge in [0, 0.05) is 20.2 Å². The molecular weight excluding hydrogens is 230 g/mol. The van der Waals surface area contributed by atoms with Crippen LogP contribution in [0.15, 0.2) is 30.3 Å². The van der Waals surface area contributed by atoms with E-state index >= 15 is 0 Å². The van der Waals surface area contributed by atoms with Crippen molar-refractivity contribution in [1.29, 1.82) is 0 Å². The van der Waals surface area contributed by atoms with Crippen molar-refractivity contribution in [3.8, 4) is 0 Å². The van der Waals surface area contributed by atoms with E-state index < -0.39 is 12.0 Å². The molecular formula is C14H19NO3. The molecule has 1 saturated heterocycles. The molecule has 1 unspecified atom stereocenters. The second kappa shape index (κ2) is 5.98. The van der Waals surface area contributed by atoms with Crippen LogP contribution in [0.2, 0.25) is 0 Å². The minimum absolute atomic E-state index is 0.270. The van der Waals surface area contributed by atoms with Gasteiger partial charge in [0.2, 0.25) is 0 Å². The average molecular weight is 249 g/mol. The number of carboxylic acid groups (broad SMARTS) is 1. The number of rotatable bonds is 4. The predicted molar refractivity (Wildman–Crippen MR) is 68.4 cm³/mol. The van der Waals surface area contributed by atoms with Crippen molar-refractivity contribution >= 4 is 5.97 Å². The summed E-state index contributed by atoms with van der Waals surface area (Å²) in [4.78, 5) is 13.5. The van der Waals surface area contributed by atoms with Gasteiger partial charge in [-0.2, -0.15) is 0 Å². The van der Waals surface area contributed by atoms with Gasteiger partial charge in [-0.1, -0.05) is 30.3 Å². The van der Waals surface area contributed by atoms with Crippen LogP contribution in [0, 0.1) is 0 Å². The van der Waals surface area contributed by atoms with E-state index in [1.165, 1.54) is 0 Å². The monoisotopic (exact) mass is 249 g/mol. The number of methoxy groups -OCH3 is 1. The van der Waals surface area contributed by atoms with Crippen molar-refractivity contribution in [3.05, 3.63) is 35.9 Å². The molecule has 1 fully saturated rings. The summed E-state index contributed by atoms with van der Waals surface area (Å²) < 4.78 is 5.31. The SMILES string of the molecule is COC1CCN(C(C(=O)O)c2ccccc2)CC1. The van der Waals surface area contributed by atoms with Crippen molar-refractivity contribution in [2.75, 3.05) is 20.2 Å². The van der Waals surface area contributed by atoms with Crippen molar-refractivity contribution < 1.29 is 14.6 Å². The first-order valence-corrected chi connectivity index (χ1v) is 6.27. The molecule has 4 heteroatoms. The van der Waals surface area contributed by atoms with Crippen LogP contribution in [0.3, 0.4) is 0 Å². The maximum absolute atomic E-state index is 11.5. The topological polar surface area (TPSA) is 49.8 Å². The lowest BCUT2D eigenvalue weighted by atomic mass is 10.0. The van der Waals surface area contributed by atoms with Gasteiger partial charge in [-0.3, -0.25) is 9.69 Å². The van der Waals surface area contributed by atoms with E-state index in [1.807, 2.05) is 35.2 Å². The molecule has 1 aromatic carbocycles. The van der Waals surface area contributed by atoms with E-state index in [1.54, 1.807) is 7.11 Å². The van der Waals surface area contributed by atoms with Gasteiger partial charge in [-0.25, -0.2) is 0 Å². The lowest BCUT2D eigenvalue weighted by molar-refractivity contribution is -0.144. The molecule has 1 heterocycles. The van der Waals surface area contributed by atoms with Gasteiger partial charge in [-0.15, -0.1) is 0 Å². The van der Waals surface area contributed by atoms with E-state index in [4.69, 9.17) is 4.74 Å². The third kappa shape index (κ3) is 2.89. The number of nitrogens with zero attached hydrogens (tertiary/aromatic N) is 1. The Balaban J connectivity index is 2.10. The summed E-state index contributed by atoms with van der Waals surface area (Å²) in [5.74, 6) is -0.780.